The van der Waals surface area contributed by atoms with E-state index in [1.165, 1.54) is 29.5 Å². The van der Waals surface area contributed by atoms with E-state index in [-0.39, 0.29) is 6.04 Å². The van der Waals surface area contributed by atoms with Crippen molar-refractivity contribution in [3.05, 3.63) is 65.5 Å². The smallest absolute Gasteiger partial charge is 0.0471 e. The summed E-state index contributed by atoms with van der Waals surface area (Å²) >= 11 is 0. The number of likely N-dealkylation sites (N-methyl/N-ethyl adjacent to an activating group) is 1. The van der Waals surface area contributed by atoms with Gasteiger partial charge in [-0.05, 0) is 54.6 Å². The summed E-state index contributed by atoms with van der Waals surface area (Å²) in [7, 11) is 2.14. The van der Waals surface area contributed by atoms with Gasteiger partial charge in [0, 0.05) is 31.5 Å². The van der Waals surface area contributed by atoms with Gasteiger partial charge in [0.2, 0.25) is 0 Å². The van der Waals surface area contributed by atoms with Crippen molar-refractivity contribution in [1.29, 1.82) is 0 Å². The summed E-state index contributed by atoms with van der Waals surface area (Å²) in [4.78, 5) is 6.39. The van der Waals surface area contributed by atoms with E-state index in [1.807, 2.05) is 12.4 Å². The van der Waals surface area contributed by atoms with Crippen LogP contribution in [-0.4, -0.2) is 23.5 Å². The maximum absolute atomic E-state index is 6.05. The molecule has 1 atom stereocenters. The van der Waals surface area contributed by atoms with Crippen LogP contribution in [0, 0.1) is 0 Å². The summed E-state index contributed by atoms with van der Waals surface area (Å²) in [5, 5.41) is 0. The zero-order valence-electron chi connectivity index (χ0n) is 12.6. The van der Waals surface area contributed by atoms with Gasteiger partial charge in [-0.1, -0.05) is 24.3 Å². The molecular formula is C18H23N3. The van der Waals surface area contributed by atoms with Crippen molar-refractivity contribution in [2.75, 3.05) is 13.6 Å². The molecule has 0 radical (unpaired) electrons. The third kappa shape index (κ3) is 3.49. The highest BCUT2D eigenvalue weighted by Gasteiger charge is 2.24. The molecule has 1 heterocycles. The summed E-state index contributed by atoms with van der Waals surface area (Å²) in [6.07, 6.45) is 6.36. The number of nitrogens with zero attached hydrogens (tertiary/aromatic N) is 2. The number of benzene rings is 1. The highest BCUT2D eigenvalue weighted by atomic mass is 15.1. The summed E-state index contributed by atoms with van der Waals surface area (Å²) in [6, 6.07) is 13.3. The van der Waals surface area contributed by atoms with Gasteiger partial charge in [-0.15, -0.1) is 0 Å². The molecule has 0 amide bonds. The van der Waals surface area contributed by atoms with Crippen LogP contribution in [0.3, 0.4) is 0 Å². The molecule has 0 bridgehead atoms. The molecule has 1 aliphatic carbocycles. The molecule has 0 saturated heterocycles. The molecule has 3 rings (SSSR count). The minimum Gasteiger partial charge on any atom is -0.329 e. The predicted octanol–water partition coefficient (Wildman–Crippen LogP) is 3.09. The van der Waals surface area contributed by atoms with Gasteiger partial charge in [0.1, 0.15) is 0 Å². The Hall–Kier alpha value is -1.71. The molecule has 1 fully saturated rings. The van der Waals surface area contributed by atoms with Crippen molar-refractivity contribution < 1.29 is 0 Å². The SMILES string of the molecule is CN(Cc1ccncc1)C(CN)c1cccc(C2CC2)c1. The highest BCUT2D eigenvalue weighted by Crippen LogP contribution is 2.40. The Balaban J connectivity index is 1.75. The lowest BCUT2D eigenvalue weighted by atomic mass is 10.0. The molecule has 1 aromatic carbocycles. The van der Waals surface area contributed by atoms with Crippen LogP contribution >= 0.6 is 0 Å². The van der Waals surface area contributed by atoms with Crippen LogP contribution in [0.15, 0.2) is 48.8 Å². The second-order valence-corrected chi connectivity index (χ2v) is 5.97. The maximum atomic E-state index is 6.05. The van der Waals surface area contributed by atoms with Crippen LogP contribution in [-0.2, 0) is 6.54 Å². The molecule has 21 heavy (non-hydrogen) atoms. The molecular weight excluding hydrogens is 258 g/mol. The predicted molar refractivity (Wildman–Crippen MR) is 85.9 cm³/mol. The van der Waals surface area contributed by atoms with Crippen LogP contribution in [0.2, 0.25) is 0 Å². The minimum absolute atomic E-state index is 0.261. The van der Waals surface area contributed by atoms with E-state index in [4.69, 9.17) is 5.73 Å². The van der Waals surface area contributed by atoms with Crippen LogP contribution in [0.4, 0.5) is 0 Å². The van der Waals surface area contributed by atoms with Gasteiger partial charge in [0.15, 0.2) is 0 Å². The van der Waals surface area contributed by atoms with Gasteiger partial charge < -0.3 is 5.73 Å². The van der Waals surface area contributed by atoms with Gasteiger partial charge in [-0.2, -0.15) is 0 Å². The van der Waals surface area contributed by atoms with E-state index in [2.05, 4.69) is 53.3 Å². The van der Waals surface area contributed by atoms with Crippen LogP contribution in [0.1, 0.15) is 41.5 Å². The molecule has 0 spiro atoms. The molecule has 0 aliphatic heterocycles. The zero-order chi connectivity index (χ0) is 14.7. The van der Waals surface area contributed by atoms with Gasteiger partial charge >= 0.3 is 0 Å². The highest BCUT2D eigenvalue weighted by molar-refractivity contribution is 5.31. The van der Waals surface area contributed by atoms with E-state index in [0.717, 1.165) is 12.5 Å². The zero-order valence-corrected chi connectivity index (χ0v) is 12.6. The Morgan fingerprint density at radius 1 is 1.24 bits per heavy atom. The largest absolute Gasteiger partial charge is 0.329 e. The fourth-order valence-corrected chi connectivity index (χ4v) is 2.89. The third-order valence-corrected chi connectivity index (χ3v) is 4.28. The van der Waals surface area contributed by atoms with Crippen molar-refractivity contribution >= 4 is 0 Å². The fourth-order valence-electron chi connectivity index (χ4n) is 2.89. The lowest BCUT2D eigenvalue weighted by molar-refractivity contribution is 0.241. The Morgan fingerprint density at radius 2 is 2.00 bits per heavy atom. The quantitative estimate of drug-likeness (QED) is 0.884. The molecule has 2 aromatic rings. The fraction of sp³-hybridized carbons (Fsp3) is 0.389. The summed E-state index contributed by atoms with van der Waals surface area (Å²) in [6.45, 7) is 1.52. The number of hydrogen-bond donors (Lipinski definition) is 1. The Morgan fingerprint density at radius 3 is 2.67 bits per heavy atom. The molecule has 110 valence electrons. The molecule has 1 aliphatic rings. The maximum Gasteiger partial charge on any atom is 0.0471 e. The summed E-state index contributed by atoms with van der Waals surface area (Å²) in [5.74, 6) is 0.786. The molecule has 1 unspecified atom stereocenters. The number of rotatable bonds is 6. The third-order valence-electron chi connectivity index (χ3n) is 4.28. The average Bonchev–Trinajstić information content (AvgIpc) is 3.34. The molecule has 3 heteroatoms. The Bertz CT molecular complexity index is 578. The van der Waals surface area contributed by atoms with E-state index in [1.54, 1.807) is 0 Å². The number of nitrogens with two attached hydrogens (primary N) is 1. The van der Waals surface area contributed by atoms with Crippen molar-refractivity contribution in [3.8, 4) is 0 Å². The molecule has 1 aromatic heterocycles. The Labute approximate surface area is 126 Å². The number of aromatic nitrogens is 1. The van der Waals surface area contributed by atoms with Crippen molar-refractivity contribution in [2.24, 2.45) is 5.73 Å². The lowest BCUT2D eigenvalue weighted by Crippen LogP contribution is -2.30. The van der Waals surface area contributed by atoms with Gasteiger partial charge in [0.25, 0.3) is 0 Å². The standard InChI is InChI=1S/C18H23N3/c1-21(13-14-7-9-20-10-8-14)18(12-19)17-4-2-3-16(11-17)15-5-6-15/h2-4,7-11,15,18H,5-6,12-13,19H2,1H3. The summed E-state index contributed by atoms with van der Waals surface area (Å²) in [5.41, 5.74) is 10.1. The van der Waals surface area contributed by atoms with Gasteiger partial charge in [-0.25, -0.2) is 0 Å². The van der Waals surface area contributed by atoms with Crippen LogP contribution in [0.25, 0.3) is 0 Å². The Kier molecular flexibility index (Phi) is 4.32. The van der Waals surface area contributed by atoms with Gasteiger partial charge in [-0.3, -0.25) is 9.88 Å². The van der Waals surface area contributed by atoms with Gasteiger partial charge in [0.05, 0.1) is 0 Å². The monoisotopic (exact) mass is 281 g/mol. The first kappa shape index (κ1) is 14.2. The normalized spacial score (nSPS) is 16.1. The van der Waals surface area contributed by atoms with E-state index < -0.39 is 0 Å². The first-order valence-electron chi connectivity index (χ1n) is 7.67. The molecule has 2 N–H and O–H groups in total. The van der Waals surface area contributed by atoms with Crippen LogP contribution in [0.5, 0.6) is 0 Å². The van der Waals surface area contributed by atoms with Crippen LogP contribution < -0.4 is 5.73 Å². The summed E-state index contributed by atoms with van der Waals surface area (Å²) < 4.78 is 0. The molecule has 3 nitrogen and oxygen atoms in total. The lowest BCUT2D eigenvalue weighted by Gasteiger charge is -2.27. The average molecular weight is 281 g/mol. The van der Waals surface area contributed by atoms with Crippen molar-refractivity contribution in [1.82, 2.24) is 9.88 Å². The van der Waals surface area contributed by atoms with E-state index >= 15 is 0 Å². The molecule has 1 saturated carbocycles. The number of pyridine rings is 1. The van der Waals surface area contributed by atoms with Crippen molar-refractivity contribution in [2.45, 2.75) is 31.3 Å². The first-order chi connectivity index (χ1) is 10.3. The minimum atomic E-state index is 0.261. The van der Waals surface area contributed by atoms with Crippen molar-refractivity contribution in [3.63, 3.8) is 0 Å². The van der Waals surface area contributed by atoms with E-state index in [9.17, 15) is 0 Å². The topological polar surface area (TPSA) is 42.2 Å². The second-order valence-electron chi connectivity index (χ2n) is 5.97. The van der Waals surface area contributed by atoms with E-state index in [0.29, 0.717) is 6.54 Å². The second kappa shape index (κ2) is 6.37. The number of hydrogen-bond acceptors (Lipinski definition) is 3. The first-order valence-corrected chi connectivity index (χ1v) is 7.67.